The third-order valence-electron chi connectivity index (χ3n) is 7.66. The van der Waals surface area contributed by atoms with Gasteiger partial charge in [0.2, 0.25) is 0 Å². The van der Waals surface area contributed by atoms with Crippen molar-refractivity contribution in [3.63, 3.8) is 0 Å². The number of ether oxygens (including phenoxy) is 1. The number of urea groups is 1. The molecular weight excluding hydrogens is 528 g/mol. The lowest BCUT2D eigenvalue weighted by Crippen LogP contribution is -2.44. The van der Waals surface area contributed by atoms with Gasteiger partial charge in [-0.2, -0.15) is 0 Å². The molecule has 0 saturated carbocycles. The summed E-state index contributed by atoms with van der Waals surface area (Å²) in [6.07, 6.45) is 0.271. The summed E-state index contributed by atoms with van der Waals surface area (Å²) in [4.78, 5) is 58.7. The maximum atomic E-state index is 14.2. The van der Waals surface area contributed by atoms with Gasteiger partial charge in [0.25, 0.3) is 11.8 Å². The molecule has 4 amide bonds. The summed E-state index contributed by atoms with van der Waals surface area (Å²) in [5, 5.41) is 21.9. The van der Waals surface area contributed by atoms with Crippen molar-refractivity contribution in [1.82, 2.24) is 15.2 Å². The van der Waals surface area contributed by atoms with E-state index < -0.39 is 48.5 Å². The van der Waals surface area contributed by atoms with E-state index in [1.165, 1.54) is 17.0 Å². The van der Waals surface area contributed by atoms with E-state index in [1.807, 2.05) is 36.4 Å². The van der Waals surface area contributed by atoms with Crippen molar-refractivity contribution in [3.05, 3.63) is 95.2 Å². The molecule has 41 heavy (non-hydrogen) atoms. The molecule has 1 saturated heterocycles. The Balaban J connectivity index is 1.45. The van der Waals surface area contributed by atoms with Gasteiger partial charge in [-0.15, -0.1) is 0 Å². The van der Waals surface area contributed by atoms with Crippen LogP contribution in [0.4, 0.5) is 10.5 Å². The summed E-state index contributed by atoms with van der Waals surface area (Å²) >= 11 is 0. The molecule has 6 rings (SSSR count). The Morgan fingerprint density at radius 3 is 2.46 bits per heavy atom. The number of nitrogens with zero attached hydrogens (tertiary/aromatic N) is 2. The monoisotopic (exact) mass is 554 g/mol. The van der Waals surface area contributed by atoms with E-state index in [9.17, 15) is 29.4 Å². The number of aliphatic hydroxyl groups excluding tert-OH is 1. The number of carbonyl (C=O) groups excluding carboxylic acids is 3. The smallest absolute Gasteiger partial charge is 0.332 e. The normalized spacial score (nSPS) is 18.7. The Labute approximate surface area is 233 Å². The molecule has 0 radical (unpaired) electrons. The van der Waals surface area contributed by atoms with E-state index in [0.717, 1.165) is 32.6 Å². The van der Waals surface area contributed by atoms with Crippen molar-refractivity contribution >= 4 is 40.4 Å². The second-order valence-electron chi connectivity index (χ2n) is 9.89. The molecule has 2 aliphatic rings. The van der Waals surface area contributed by atoms with Gasteiger partial charge in [-0.3, -0.25) is 14.5 Å². The number of amides is 4. The van der Waals surface area contributed by atoms with Crippen molar-refractivity contribution in [1.29, 1.82) is 0 Å². The number of aliphatic carboxylic acids is 1. The number of aliphatic hydroxyl groups is 1. The summed E-state index contributed by atoms with van der Waals surface area (Å²) in [6.45, 7) is -0.824. The van der Waals surface area contributed by atoms with Gasteiger partial charge in [-0.1, -0.05) is 42.5 Å². The summed E-state index contributed by atoms with van der Waals surface area (Å²) in [7, 11) is 1.56. The van der Waals surface area contributed by atoms with Gasteiger partial charge in [0, 0.05) is 23.0 Å². The fraction of sp³-hybridized carbons (Fsp3) is 0.200. The summed E-state index contributed by atoms with van der Waals surface area (Å²) in [5.74, 6) is -2.11. The molecule has 2 aliphatic heterocycles. The Morgan fingerprint density at radius 2 is 1.76 bits per heavy atom. The van der Waals surface area contributed by atoms with Crippen LogP contribution in [0.2, 0.25) is 0 Å². The fourth-order valence-corrected chi connectivity index (χ4v) is 5.71. The summed E-state index contributed by atoms with van der Waals surface area (Å²) in [5.41, 5.74) is 3.35. The van der Waals surface area contributed by atoms with Crippen LogP contribution in [0.1, 0.15) is 33.2 Å². The fourth-order valence-electron chi connectivity index (χ4n) is 5.71. The average molecular weight is 555 g/mol. The van der Waals surface area contributed by atoms with E-state index in [2.05, 4.69) is 10.3 Å². The standard InChI is InChI=1S/C30H26N4O7/c1-41-17-12-10-16(11-13-17)26-25-20(18-6-2-4-8-21(18)31-25)14-24-28(37)34(30(40)33(24)26)23-9-5-3-7-19(23)27(36)32-22(15-35)29(38)39/h2-13,22,24,26,31,35H,14-15H2,1H3,(H,32,36)(H,38,39)/t22-,24-,26+/m0/s1. The van der Waals surface area contributed by atoms with Crippen LogP contribution < -0.4 is 15.0 Å². The van der Waals surface area contributed by atoms with Crippen LogP contribution in [-0.4, -0.2) is 69.7 Å². The number of aromatic amines is 1. The second-order valence-corrected chi connectivity index (χ2v) is 9.89. The van der Waals surface area contributed by atoms with Crippen LogP contribution in [-0.2, 0) is 16.0 Å². The first-order chi connectivity index (χ1) is 19.8. The number of carboxylic acid groups (broad SMARTS) is 1. The molecule has 11 nitrogen and oxygen atoms in total. The molecule has 0 unspecified atom stereocenters. The minimum absolute atomic E-state index is 0.0264. The van der Waals surface area contributed by atoms with Gasteiger partial charge in [0.1, 0.15) is 17.8 Å². The van der Waals surface area contributed by atoms with Gasteiger partial charge < -0.3 is 25.3 Å². The minimum atomic E-state index is -1.55. The SMILES string of the molecule is COc1ccc([C@@H]2c3[nH]c4ccccc4c3C[C@H]3C(=O)N(c4ccccc4C(=O)N[C@@H](CO)C(=O)O)C(=O)N23)cc1. The maximum Gasteiger partial charge on any atom is 0.332 e. The lowest BCUT2D eigenvalue weighted by atomic mass is 9.89. The van der Waals surface area contributed by atoms with E-state index in [4.69, 9.17) is 4.74 Å². The number of methoxy groups -OCH3 is 1. The number of para-hydroxylation sites is 2. The van der Waals surface area contributed by atoms with E-state index in [-0.39, 0.29) is 17.7 Å². The van der Waals surface area contributed by atoms with Crippen LogP contribution in [0.25, 0.3) is 10.9 Å². The van der Waals surface area contributed by atoms with Crippen LogP contribution in [0.15, 0.2) is 72.8 Å². The lowest BCUT2D eigenvalue weighted by Gasteiger charge is -2.36. The average Bonchev–Trinajstić information content (AvgIpc) is 3.48. The number of carbonyl (C=O) groups is 4. The topological polar surface area (TPSA) is 152 Å². The number of nitrogens with one attached hydrogen (secondary N) is 2. The van der Waals surface area contributed by atoms with Crippen LogP contribution in [0.5, 0.6) is 5.75 Å². The number of rotatable bonds is 7. The van der Waals surface area contributed by atoms with Gasteiger partial charge in [-0.05, 0) is 41.5 Å². The number of fused-ring (bicyclic) bond motifs is 4. The molecular formula is C30H26N4O7. The zero-order valence-electron chi connectivity index (χ0n) is 21.9. The molecule has 1 aromatic heterocycles. The molecule has 208 valence electrons. The van der Waals surface area contributed by atoms with E-state index in [0.29, 0.717) is 5.75 Å². The Bertz CT molecular complexity index is 1700. The van der Waals surface area contributed by atoms with Crippen molar-refractivity contribution in [2.24, 2.45) is 0 Å². The van der Waals surface area contributed by atoms with Gasteiger partial charge in [-0.25, -0.2) is 14.5 Å². The van der Waals surface area contributed by atoms with Gasteiger partial charge in [0.05, 0.1) is 25.0 Å². The zero-order chi connectivity index (χ0) is 28.8. The number of carboxylic acids is 1. The van der Waals surface area contributed by atoms with Gasteiger partial charge in [0.15, 0.2) is 6.04 Å². The predicted molar refractivity (Wildman–Crippen MR) is 148 cm³/mol. The molecule has 11 heteroatoms. The lowest BCUT2D eigenvalue weighted by molar-refractivity contribution is -0.140. The molecule has 4 N–H and O–H groups in total. The first-order valence-electron chi connectivity index (χ1n) is 13.0. The zero-order valence-corrected chi connectivity index (χ0v) is 21.9. The first-order valence-corrected chi connectivity index (χ1v) is 13.0. The maximum absolute atomic E-state index is 14.2. The highest BCUT2D eigenvalue weighted by Crippen LogP contribution is 2.45. The highest BCUT2D eigenvalue weighted by molar-refractivity contribution is 6.24. The molecule has 3 atom stereocenters. The minimum Gasteiger partial charge on any atom is -0.497 e. The highest BCUT2D eigenvalue weighted by Gasteiger charge is 2.53. The molecule has 0 bridgehead atoms. The molecule has 4 aromatic rings. The number of hydrogen-bond donors (Lipinski definition) is 4. The van der Waals surface area contributed by atoms with Crippen LogP contribution in [0.3, 0.4) is 0 Å². The van der Waals surface area contributed by atoms with Crippen molar-refractivity contribution < 1.29 is 34.1 Å². The Hall–Kier alpha value is -5.16. The second kappa shape index (κ2) is 10.1. The van der Waals surface area contributed by atoms with E-state index in [1.54, 1.807) is 31.4 Å². The quantitative estimate of drug-likeness (QED) is 0.256. The number of imide groups is 1. The first kappa shape index (κ1) is 26.1. The van der Waals surface area contributed by atoms with Gasteiger partial charge >= 0.3 is 12.0 Å². The third kappa shape index (κ3) is 4.18. The van der Waals surface area contributed by atoms with Crippen molar-refractivity contribution in [2.45, 2.75) is 24.5 Å². The number of hydrogen-bond acceptors (Lipinski definition) is 6. The number of aromatic nitrogens is 1. The summed E-state index contributed by atoms with van der Waals surface area (Å²) in [6, 6.07) is 17.4. The van der Waals surface area contributed by atoms with Crippen molar-refractivity contribution in [2.75, 3.05) is 18.6 Å². The molecule has 1 fully saturated rings. The molecule has 3 heterocycles. The number of H-pyrrole nitrogens is 1. The largest absolute Gasteiger partial charge is 0.497 e. The highest BCUT2D eigenvalue weighted by atomic mass is 16.5. The molecule has 0 aliphatic carbocycles. The Kier molecular flexibility index (Phi) is 6.43. The van der Waals surface area contributed by atoms with Crippen LogP contribution in [0, 0.1) is 0 Å². The molecule has 3 aromatic carbocycles. The van der Waals surface area contributed by atoms with Crippen LogP contribution >= 0.6 is 0 Å². The molecule has 0 spiro atoms. The Morgan fingerprint density at radius 1 is 1.05 bits per heavy atom. The number of anilines is 1. The summed E-state index contributed by atoms with van der Waals surface area (Å²) < 4.78 is 5.32. The van der Waals surface area contributed by atoms with E-state index >= 15 is 0 Å². The predicted octanol–water partition coefficient (Wildman–Crippen LogP) is 2.83. The van der Waals surface area contributed by atoms with Crippen molar-refractivity contribution in [3.8, 4) is 5.75 Å². The number of benzene rings is 3. The third-order valence-corrected chi connectivity index (χ3v) is 7.66.